The number of benzene rings is 2. The van der Waals surface area contributed by atoms with Crippen LogP contribution in [0.15, 0.2) is 39.5 Å². The van der Waals surface area contributed by atoms with Crippen LogP contribution >= 0.6 is 0 Å². The van der Waals surface area contributed by atoms with Crippen LogP contribution in [0.5, 0.6) is 0 Å². The average molecular weight is 300 g/mol. The molecule has 1 heterocycles. The van der Waals surface area contributed by atoms with Gasteiger partial charge in [-0.25, -0.2) is 0 Å². The number of nitro groups is 2. The summed E-state index contributed by atoms with van der Waals surface area (Å²) >= 11 is 0. The van der Waals surface area contributed by atoms with E-state index in [1.54, 1.807) is 0 Å². The predicted molar refractivity (Wildman–Crippen MR) is 78.0 cm³/mol. The summed E-state index contributed by atoms with van der Waals surface area (Å²) in [5.41, 5.74) is -0.235. The molecule has 0 N–H and O–H groups in total. The van der Waals surface area contributed by atoms with Crippen molar-refractivity contribution in [1.29, 1.82) is 0 Å². The van der Waals surface area contributed by atoms with Crippen molar-refractivity contribution in [3.8, 4) is 0 Å². The topological polar surface area (TPSA) is 116 Å². The first-order valence-corrected chi connectivity index (χ1v) is 6.18. The van der Waals surface area contributed by atoms with E-state index in [-0.39, 0.29) is 33.3 Å². The lowest BCUT2D eigenvalue weighted by molar-refractivity contribution is -0.385. The van der Waals surface area contributed by atoms with E-state index in [4.69, 9.17) is 4.42 Å². The molecule has 8 nitrogen and oxygen atoms in total. The summed E-state index contributed by atoms with van der Waals surface area (Å²) < 4.78 is 5.53. The van der Waals surface area contributed by atoms with Crippen LogP contribution in [0.25, 0.3) is 21.9 Å². The van der Waals surface area contributed by atoms with Crippen molar-refractivity contribution in [1.82, 2.24) is 0 Å². The van der Waals surface area contributed by atoms with Gasteiger partial charge in [0.15, 0.2) is 0 Å². The van der Waals surface area contributed by atoms with E-state index in [1.165, 1.54) is 25.1 Å². The van der Waals surface area contributed by atoms with E-state index >= 15 is 0 Å². The molecule has 0 aliphatic carbocycles. The summed E-state index contributed by atoms with van der Waals surface area (Å²) in [7, 11) is 0. The first-order chi connectivity index (χ1) is 10.4. The van der Waals surface area contributed by atoms with E-state index < -0.39 is 15.3 Å². The molecule has 0 saturated heterocycles. The Kier molecular flexibility index (Phi) is 2.87. The molecule has 8 heteroatoms. The molecule has 1 aromatic heterocycles. The molecule has 0 atom stereocenters. The summed E-state index contributed by atoms with van der Waals surface area (Å²) in [5.74, 6) is 0. The Morgan fingerprint density at radius 3 is 2.27 bits per heavy atom. The highest BCUT2D eigenvalue weighted by Gasteiger charge is 2.17. The quantitative estimate of drug-likeness (QED) is 0.408. The molecular formula is C14H8N2O6. The summed E-state index contributed by atoms with van der Waals surface area (Å²) in [5, 5.41) is 21.8. The van der Waals surface area contributed by atoms with Gasteiger partial charge in [0, 0.05) is 23.8 Å². The minimum Gasteiger partial charge on any atom is -0.456 e. The fourth-order valence-electron chi connectivity index (χ4n) is 2.29. The van der Waals surface area contributed by atoms with Gasteiger partial charge in [0.1, 0.15) is 11.2 Å². The third-order valence-corrected chi connectivity index (χ3v) is 3.38. The summed E-state index contributed by atoms with van der Waals surface area (Å²) in [6, 6.07) is 6.22. The molecule has 2 aromatic carbocycles. The highest BCUT2D eigenvalue weighted by molar-refractivity contribution is 5.92. The lowest BCUT2D eigenvalue weighted by Gasteiger charge is -2.03. The summed E-state index contributed by atoms with van der Waals surface area (Å²) in [4.78, 5) is 33.0. The molecule has 0 aliphatic rings. The first-order valence-electron chi connectivity index (χ1n) is 6.18. The second kappa shape index (κ2) is 4.62. The Morgan fingerprint density at radius 1 is 0.955 bits per heavy atom. The molecule has 22 heavy (non-hydrogen) atoms. The molecule has 0 aliphatic heterocycles. The largest absolute Gasteiger partial charge is 0.456 e. The van der Waals surface area contributed by atoms with Crippen molar-refractivity contribution in [3.05, 3.63) is 66.3 Å². The summed E-state index contributed by atoms with van der Waals surface area (Å²) in [6.07, 6.45) is 0. The molecule has 0 fully saturated rings. The van der Waals surface area contributed by atoms with Crippen molar-refractivity contribution in [2.75, 3.05) is 0 Å². The molecule has 0 spiro atoms. The number of hydrogen-bond donors (Lipinski definition) is 0. The van der Waals surface area contributed by atoms with Crippen LogP contribution in [0.1, 0.15) is 5.56 Å². The van der Waals surface area contributed by atoms with Crippen molar-refractivity contribution in [2.24, 2.45) is 0 Å². The average Bonchev–Trinajstić information content (AvgIpc) is 2.46. The van der Waals surface area contributed by atoms with Crippen molar-refractivity contribution in [3.63, 3.8) is 0 Å². The Labute approximate surface area is 121 Å². The highest BCUT2D eigenvalue weighted by Crippen LogP contribution is 2.27. The normalized spacial score (nSPS) is 11.0. The maximum atomic E-state index is 12.4. The molecule has 0 bridgehead atoms. The molecule has 110 valence electrons. The Balaban J connectivity index is 2.45. The maximum absolute atomic E-state index is 12.4. The van der Waals surface area contributed by atoms with E-state index in [1.807, 2.05) is 0 Å². The van der Waals surface area contributed by atoms with Gasteiger partial charge in [-0.1, -0.05) is 0 Å². The molecule has 3 aromatic rings. The van der Waals surface area contributed by atoms with Gasteiger partial charge in [0.25, 0.3) is 11.4 Å². The first kappa shape index (κ1) is 13.7. The van der Waals surface area contributed by atoms with Gasteiger partial charge in [-0.05, 0) is 19.1 Å². The lowest BCUT2D eigenvalue weighted by atomic mass is 10.1. The van der Waals surface area contributed by atoms with Crippen molar-refractivity contribution < 1.29 is 14.3 Å². The fourth-order valence-corrected chi connectivity index (χ4v) is 2.29. The Bertz CT molecular complexity index is 1020. The van der Waals surface area contributed by atoms with Gasteiger partial charge in [-0.3, -0.25) is 25.0 Å². The summed E-state index contributed by atoms with van der Waals surface area (Å²) in [6.45, 7) is 1.54. The standard InChI is InChI=1S/C14H8N2O6/c1-7-4-13-10(6-11(7)16(20)21)14(17)9-5-8(15(18)19)2-3-12(9)22-13/h2-6H,1H3. The van der Waals surface area contributed by atoms with E-state index in [0.29, 0.717) is 5.56 Å². The number of fused-ring (bicyclic) bond motifs is 2. The van der Waals surface area contributed by atoms with Crippen molar-refractivity contribution in [2.45, 2.75) is 6.92 Å². The molecule has 0 saturated carbocycles. The predicted octanol–water partition coefficient (Wildman–Crippen LogP) is 3.07. The minimum absolute atomic E-state index is 0.0138. The van der Waals surface area contributed by atoms with Gasteiger partial charge < -0.3 is 4.42 Å². The smallest absolute Gasteiger partial charge is 0.273 e. The minimum atomic E-state index is -0.624. The second-order valence-corrected chi connectivity index (χ2v) is 4.76. The van der Waals surface area contributed by atoms with E-state index in [0.717, 1.165) is 12.1 Å². The monoisotopic (exact) mass is 300 g/mol. The number of aryl methyl sites for hydroxylation is 1. The van der Waals surface area contributed by atoms with Gasteiger partial charge in [0.2, 0.25) is 5.43 Å². The van der Waals surface area contributed by atoms with Crippen LogP contribution in [-0.4, -0.2) is 9.85 Å². The van der Waals surface area contributed by atoms with Crippen LogP contribution in [0, 0.1) is 27.2 Å². The zero-order valence-electron chi connectivity index (χ0n) is 11.2. The zero-order valence-corrected chi connectivity index (χ0v) is 11.2. The van der Waals surface area contributed by atoms with Gasteiger partial charge in [0.05, 0.1) is 20.6 Å². The highest BCUT2D eigenvalue weighted by atomic mass is 16.6. The number of hydrogen-bond acceptors (Lipinski definition) is 6. The van der Waals surface area contributed by atoms with E-state index in [2.05, 4.69) is 0 Å². The van der Waals surface area contributed by atoms with Crippen molar-refractivity contribution >= 4 is 33.3 Å². The molecule has 0 unspecified atom stereocenters. The van der Waals surface area contributed by atoms with Gasteiger partial charge in [-0.15, -0.1) is 0 Å². The fraction of sp³-hybridized carbons (Fsp3) is 0.0714. The Morgan fingerprint density at radius 2 is 1.64 bits per heavy atom. The van der Waals surface area contributed by atoms with Crippen LogP contribution in [0.2, 0.25) is 0 Å². The van der Waals surface area contributed by atoms with Crippen LogP contribution in [0.3, 0.4) is 0 Å². The third-order valence-electron chi connectivity index (χ3n) is 3.38. The molecular weight excluding hydrogens is 292 g/mol. The number of non-ortho nitro benzene ring substituents is 1. The SMILES string of the molecule is Cc1cc2oc3ccc([N+](=O)[O-])cc3c(=O)c2cc1[N+](=O)[O-]. The zero-order chi connectivity index (χ0) is 16.0. The van der Waals surface area contributed by atoms with Gasteiger partial charge in [-0.2, -0.15) is 0 Å². The van der Waals surface area contributed by atoms with Gasteiger partial charge >= 0.3 is 0 Å². The van der Waals surface area contributed by atoms with Crippen LogP contribution in [0.4, 0.5) is 11.4 Å². The maximum Gasteiger partial charge on any atom is 0.273 e. The molecule has 3 rings (SSSR count). The van der Waals surface area contributed by atoms with E-state index in [9.17, 15) is 25.0 Å². The molecule has 0 amide bonds. The lowest BCUT2D eigenvalue weighted by Crippen LogP contribution is -2.04. The molecule has 0 radical (unpaired) electrons. The Hall–Kier alpha value is -3.29. The third kappa shape index (κ3) is 1.97. The number of nitrogens with zero attached hydrogens (tertiary/aromatic N) is 2. The van der Waals surface area contributed by atoms with Crippen LogP contribution in [-0.2, 0) is 0 Å². The second-order valence-electron chi connectivity index (χ2n) is 4.76. The number of rotatable bonds is 2. The number of nitro benzene ring substituents is 2. The van der Waals surface area contributed by atoms with Crippen LogP contribution < -0.4 is 5.43 Å².